The van der Waals surface area contributed by atoms with Crippen LogP contribution in [0.4, 0.5) is 13.2 Å². The summed E-state index contributed by atoms with van der Waals surface area (Å²) in [5, 5.41) is 0. The number of amides is 1. The van der Waals surface area contributed by atoms with E-state index in [1.54, 1.807) is 13.0 Å². The Labute approximate surface area is 180 Å². The Morgan fingerprint density at radius 3 is 2.35 bits per heavy atom. The average molecular weight is 455 g/mol. The van der Waals surface area contributed by atoms with Gasteiger partial charge in [0.2, 0.25) is 10.0 Å². The number of benzene rings is 2. The van der Waals surface area contributed by atoms with Gasteiger partial charge in [-0.05, 0) is 49.1 Å². The zero-order valence-electron chi connectivity index (χ0n) is 17.4. The number of aryl methyl sites for hydroxylation is 1. The van der Waals surface area contributed by atoms with Crippen molar-refractivity contribution in [1.82, 2.24) is 9.21 Å². The first-order chi connectivity index (χ1) is 14.5. The maximum Gasteiger partial charge on any atom is 0.416 e. The average Bonchev–Trinajstić information content (AvgIpc) is 2.73. The first kappa shape index (κ1) is 23.3. The zero-order valence-corrected chi connectivity index (χ0v) is 18.3. The van der Waals surface area contributed by atoms with E-state index in [0.717, 1.165) is 25.3 Å². The van der Waals surface area contributed by atoms with Crippen LogP contribution in [-0.2, 0) is 22.7 Å². The molecule has 0 aromatic heterocycles. The number of hydrogen-bond donors (Lipinski definition) is 0. The van der Waals surface area contributed by atoms with E-state index < -0.39 is 27.7 Å². The van der Waals surface area contributed by atoms with Crippen molar-refractivity contribution in [2.24, 2.45) is 0 Å². The molecule has 0 aliphatic carbocycles. The largest absolute Gasteiger partial charge is 0.416 e. The molecule has 0 radical (unpaired) electrons. The molecule has 9 heteroatoms. The van der Waals surface area contributed by atoms with Gasteiger partial charge in [0.05, 0.1) is 10.5 Å². The molecule has 3 rings (SSSR count). The fourth-order valence-electron chi connectivity index (χ4n) is 3.71. The van der Waals surface area contributed by atoms with Gasteiger partial charge in [-0.2, -0.15) is 17.5 Å². The highest BCUT2D eigenvalue weighted by atomic mass is 32.2. The molecule has 0 N–H and O–H groups in total. The highest BCUT2D eigenvalue weighted by Gasteiger charge is 2.33. The van der Waals surface area contributed by atoms with Crippen molar-refractivity contribution >= 4 is 15.9 Å². The lowest BCUT2D eigenvalue weighted by molar-refractivity contribution is -0.138. The molecule has 0 atom stereocenters. The number of piperidine rings is 1. The van der Waals surface area contributed by atoms with Crippen molar-refractivity contribution in [3.8, 4) is 0 Å². The predicted octanol–water partition coefficient (Wildman–Crippen LogP) is 4.46. The van der Waals surface area contributed by atoms with E-state index in [0.29, 0.717) is 18.7 Å². The van der Waals surface area contributed by atoms with Crippen LogP contribution in [0.15, 0.2) is 47.4 Å². The third-order valence-electron chi connectivity index (χ3n) is 5.47. The molecule has 1 aliphatic heterocycles. The minimum atomic E-state index is -4.53. The highest BCUT2D eigenvalue weighted by molar-refractivity contribution is 7.89. The summed E-state index contributed by atoms with van der Waals surface area (Å²) in [6.07, 6.45) is -1.97. The van der Waals surface area contributed by atoms with Gasteiger partial charge in [-0.15, -0.1) is 0 Å². The van der Waals surface area contributed by atoms with Gasteiger partial charge >= 0.3 is 6.18 Å². The predicted molar refractivity (Wildman–Crippen MR) is 111 cm³/mol. The number of halogens is 3. The lowest BCUT2D eigenvalue weighted by atomic mass is 10.0. The Hall–Kier alpha value is -2.39. The van der Waals surface area contributed by atoms with Crippen molar-refractivity contribution < 1.29 is 26.4 Å². The fourth-order valence-corrected chi connectivity index (χ4v) is 5.26. The second-order valence-electron chi connectivity index (χ2n) is 7.76. The number of alkyl halides is 3. The van der Waals surface area contributed by atoms with Gasteiger partial charge < -0.3 is 4.90 Å². The Bertz CT molecular complexity index is 1060. The summed E-state index contributed by atoms with van der Waals surface area (Å²) in [5.74, 6) is -0.537. The number of carbonyl (C=O) groups excluding carboxylic acids is 1. The molecule has 168 valence electrons. The van der Waals surface area contributed by atoms with Crippen molar-refractivity contribution in [3.63, 3.8) is 0 Å². The molecule has 2 aromatic carbocycles. The molecule has 1 heterocycles. The molecule has 0 saturated carbocycles. The number of sulfonamides is 1. The van der Waals surface area contributed by atoms with Crippen molar-refractivity contribution in [2.75, 3.05) is 20.1 Å². The van der Waals surface area contributed by atoms with E-state index in [9.17, 15) is 26.4 Å². The summed E-state index contributed by atoms with van der Waals surface area (Å²) in [6, 6.07) is 9.44. The lowest BCUT2D eigenvalue weighted by Crippen LogP contribution is -2.36. The van der Waals surface area contributed by atoms with Crippen LogP contribution in [0.5, 0.6) is 0 Å². The van der Waals surface area contributed by atoms with Crippen LogP contribution in [0.1, 0.15) is 46.3 Å². The third kappa shape index (κ3) is 5.10. The second kappa shape index (κ2) is 9.00. The van der Waals surface area contributed by atoms with Crippen LogP contribution in [0, 0.1) is 6.92 Å². The van der Waals surface area contributed by atoms with Gasteiger partial charge in [0.25, 0.3) is 5.91 Å². The van der Waals surface area contributed by atoms with Crippen LogP contribution in [0.3, 0.4) is 0 Å². The minimum absolute atomic E-state index is 0.0208. The summed E-state index contributed by atoms with van der Waals surface area (Å²) in [6.45, 7) is 2.29. The molecule has 31 heavy (non-hydrogen) atoms. The molecule has 5 nitrogen and oxygen atoms in total. The van der Waals surface area contributed by atoms with E-state index in [2.05, 4.69) is 0 Å². The van der Waals surface area contributed by atoms with Gasteiger partial charge in [-0.3, -0.25) is 4.79 Å². The normalized spacial score (nSPS) is 15.6. The van der Waals surface area contributed by atoms with Crippen LogP contribution < -0.4 is 0 Å². The van der Waals surface area contributed by atoms with Crippen LogP contribution in [0.25, 0.3) is 0 Å². The summed E-state index contributed by atoms with van der Waals surface area (Å²) in [5.41, 5.74) is -0.114. The molecule has 0 bridgehead atoms. The van der Waals surface area contributed by atoms with E-state index in [-0.39, 0.29) is 22.6 Å². The lowest BCUT2D eigenvalue weighted by Gasteiger charge is -2.26. The van der Waals surface area contributed by atoms with Gasteiger partial charge in [-0.25, -0.2) is 8.42 Å². The summed E-state index contributed by atoms with van der Waals surface area (Å²) in [4.78, 5) is 14.2. The summed E-state index contributed by atoms with van der Waals surface area (Å²) in [7, 11) is -2.33. The number of carbonyl (C=O) groups is 1. The first-order valence-corrected chi connectivity index (χ1v) is 11.5. The van der Waals surface area contributed by atoms with E-state index >= 15 is 0 Å². The van der Waals surface area contributed by atoms with Crippen LogP contribution in [-0.4, -0.2) is 43.7 Å². The van der Waals surface area contributed by atoms with E-state index in [4.69, 9.17) is 0 Å². The third-order valence-corrected chi connectivity index (χ3v) is 7.36. The molecule has 2 aromatic rings. The molecule has 0 unspecified atom stereocenters. The van der Waals surface area contributed by atoms with Crippen LogP contribution in [0.2, 0.25) is 0 Å². The molecule has 1 amide bonds. The zero-order chi connectivity index (χ0) is 22.8. The Morgan fingerprint density at radius 1 is 1.06 bits per heavy atom. The molecular formula is C22H25F3N2O3S. The summed E-state index contributed by atoms with van der Waals surface area (Å²) >= 11 is 0. The number of rotatable bonds is 5. The van der Waals surface area contributed by atoms with Crippen molar-refractivity contribution in [2.45, 2.75) is 43.8 Å². The number of hydrogen-bond acceptors (Lipinski definition) is 3. The van der Waals surface area contributed by atoms with E-state index in [1.807, 2.05) is 0 Å². The quantitative estimate of drug-likeness (QED) is 0.670. The van der Waals surface area contributed by atoms with Gasteiger partial charge in [-0.1, -0.05) is 30.7 Å². The Balaban J connectivity index is 1.88. The molecule has 1 aliphatic rings. The molecular weight excluding hydrogens is 429 g/mol. The molecule has 0 spiro atoms. The first-order valence-electron chi connectivity index (χ1n) is 10.0. The topological polar surface area (TPSA) is 57.7 Å². The minimum Gasteiger partial charge on any atom is -0.337 e. The fraction of sp³-hybridized carbons (Fsp3) is 0.409. The second-order valence-corrected chi connectivity index (χ2v) is 9.70. The Kier molecular flexibility index (Phi) is 6.76. The summed E-state index contributed by atoms with van der Waals surface area (Å²) < 4.78 is 67.2. The van der Waals surface area contributed by atoms with E-state index in [1.165, 1.54) is 46.6 Å². The maximum atomic E-state index is 13.3. The Morgan fingerprint density at radius 2 is 1.71 bits per heavy atom. The highest BCUT2D eigenvalue weighted by Crippen LogP contribution is 2.32. The number of nitrogens with zero attached hydrogens (tertiary/aromatic N) is 2. The van der Waals surface area contributed by atoms with Crippen molar-refractivity contribution in [1.29, 1.82) is 0 Å². The van der Waals surface area contributed by atoms with Gasteiger partial charge in [0.1, 0.15) is 0 Å². The smallest absolute Gasteiger partial charge is 0.337 e. The monoisotopic (exact) mass is 454 g/mol. The standard InChI is InChI=1S/C22H25F3N2O3S/c1-16-10-11-18(31(29,30)27-12-6-3-7-13-27)14-19(16)21(28)26(2)15-17-8-4-5-9-20(17)22(23,24)25/h4-5,8-11,14H,3,6-7,12-13,15H2,1-2H3. The van der Waals surface area contributed by atoms with Crippen LogP contribution >= 0.6 is 0 Å². The molecule has 1 fully saturated rings. The van der Waals surface area contributed by atoms with Crippen molar-refractivity contribution in [3.05, 3.63) is 64.7 Å². The van der Waals surface area contributed by atoms with Gasteiger partial charge in [0, 0.05) is 32.2 Å². The van der Waals surface area contributed by atoms with Gasteiger partial charge in [0.15, 0.2) is 0 Å². The molecule has 1 saturated heterocycles. The SMILES string of the molecule is Cc1ccc(S(=O)(=O)N2CCCCC2)cc1C(=O)N(C)Cc1ccccc1C(F)(F)F. The maximum absolute atomic E-state index is 13.3.